The van der Waals surface area contributed by atoms with Gasteiger partial charge in [-0.2, -0.15) is 0 Å². The van der Waals surface area contributed by atoms with Crippen LogP contribution in [-0.2, 0) is 14.2 Å². The molecule has 1 rings (SSSR count). The third-order valence-electron chi connectivity index (χ3n) is 1.53. The maximum Gasteiger partial charge on any atom is 0.510 e. The highest BCUT2D eigenvalue weighted by atomic mass is 16.8. The minimum atomic E-state index is -0.670. The summed E-state index contributed by atoms with van der Waals surface area (Å²) in [6.45, 7) is 0.668. The lowest BCUT2D eigenvalue weighted by Crippen LogP contribution is -2.25. The molecule has 11 heavy (non-hydrogen) atoms. The number of hydrogen-bond acceptors (Lipinski definition) is 4. The maximum absolute atomic E-state index is 10.6. The molecule has 64 valence electrons. The van der Waals surface area contributed by atoms with Crippen molar-refractivity contribution in [1.29, 1.82) is 0 Å². The number of hydrogen-bond donors (Lipinski definition) is 0. The van der Waals surface area contributed by atoms with E-state index in [0.29, 0.717) is 6.61 Å². The van der Waals surface area contributed by atoms with Crippen LogP contribution < -0.4 is 0 Å². The van der Waals surface area contributed by atoms with Gasteiger partial charge in [-0.1, -0.05) is 0 Å². The second-order valence-electron chi connectivity index (χ2n) is 2.37. The Balaban J connectivity index is 2.19. The molecule has 4 heteroatoms. The van der Waals surface area contributed by atoms with Gasteiger partial charge in [0.2, 0.25) is 6.29 Å². The molecule has 0 aromatic rings. The molecule has 0 radical (unpaired) electrons. The Hall–Kier alpha value is -0.770. The van der Waals surface area contributed by atoms with E-state index in [-0.39, 0.29) is 0 Å². The summed E-state index contributed by atoms with van der Waals surface area (Å²) < 4.78 is 14.2. The molecular formula is C7H12O4. The van der Waals surface area contributed by atoms with Gasteiger partial charge in [0, 0.05) is 6.42 Å². The van der Waals surface area contributed by atoms with Crippen molar-refractivity contribution < 1.29 is 19.0 Å². The molecule has 0 aromatic heterocycles. The predicted octanol–water partition coefficient (Wildman–Crippen LogP) is 1.30. The second-order valence-corrected chi connectivity index (χ2v) is 2.37. The van der Waals surface area contributed by atoms with E-state index in [4.69, 9.17) is 9.47 Å². The molecule has 1 heterocycles. The Morgan fingerprint density at radius 1 is 1.55 bits per heavy atom. The van der Waals surface area contributed by atoms with Gasteiger partial charge in [0.15, 0.2) is 0 Å². The lowest BCUT2D eigenvalue weighted by molar-refractivity contribution is -0.139. The molecule has 1 fully saturated rings. The molecule has 0 aliphatic carbocycles. The van der Waals surface area contributed by atoms with Gasteiger partial charge in [-0.15, -0.1) is 0 Å². The molecule has 1 atom stereocenters. The lowest BCUT2D eigenvalue weighted by Gasteiger charge is -2.21. The Morgan fingerprint density at radius 3 is 2.91 bits per heavy atom. The SMILES string of the molecule is COC(=O)OC1CCCCO1. The van der Waals surface area contributed by atoms with Crippen molar-refractivity contribution in [2.75, 3.05) is 13.7 Å². The molecule has 0 saturated carbocycles. The average molecular weight is 160 g/mol. The van der Waals surface area contributed by atoms with Crippen LogP contribution in [0.5, 0.6) is 0 Å². The third kappa shape index (κ3) is 2.76. The van der Waals surface area contributed by atoms with Crippen LogP contribution in [0.25, 0.3) is 0 Å². The smallest absolute Gasteiger partial charge is 0.438 e. The molecule has 1 unspecified atom stereocenters. The Kier molecular flexibility index (Phi) is 3.16. The molecule has 0 spiro atoms. The zero-order valence-electron chi connectivity index (χ0n) is 6.54. The largest absolute Gasteiger partial charge is 0.510 e. The summed E-state index contributed by atoms with van der Waals surface area (Å²) in [5.41, 5.74) is 0. The van der Waals surface area contributed by atoms with Gasteiger partial charge in [-0.25, -0.2) is 4.79 Å². The van der Waals surface area contributed by atoms with Crippen LogP contribution in [0, 0.1) is 0 Å². The van der Waals surface area contributed by atoms with Crippen molar-refractivity contribution in [3.8, 4) is 0 Å². The van der Waals surface area contributed by atoms with Crippen LogP contribution in [0.1, 0.15) is 19.3 Å². The van der Waals surface area contributed by atoms with Gasteiger partial charge in [-0.3, -0.25) is 0 Å². The van der Waals surface area contributed by atoms with Crippen LogP contribution in [-0.4, -0.2) is 26.2 Å². The lowest BCUT2D eigenvalue weighted by atomic mass is 10.2. The highest BCUT2D eigenvalue weighted by Crippen LogP contribution is 2.13. The molecule has 1 aliphatic heterocycles. The van der Waals surface area contributed by atoms with Crippen molar-refractivity contribution in [1.82, 2.24) is 0 Å². The van der Waals surface area contributed by atoms with Crippen molar-refractivity contribution in [3.05, 3.63) is 0 Å². The van der Waals surface area contributed by atoms with Crippen LogP contribution in [0.3, 0.4) is 0 Å². The van der Waals surface area contributed by atoms with Crippen LogP contribution in [0.15, 0.2) is 0 Å². The van der Waals surface area contributed by atoms with E-state index in [1.54, 1.807) is 0 Å². The summed E-state index contributed by atoms with van der Waals surface area (Å²) in [4.78, 5) is 10.6. The highest BCUT2D eigenvalue weighted by molar-refractivity contribution is 5.59. The predicted molar refractivity (Wildman–Crippen MR) is 37.1 cm³/mol. The molecule has 1 saturated heterocycles. The van der Waals surface area contributed by atoms with Crippen molar-refractivity contribution in [2.45, 2.75) is 25.6 Å². The number of carbonyl (C=O) groups excluding carboxylic acids is 1. The Bertz CT molecular complexity index is 128. The van der Waals surface area contributed by atoms with Crippen LogP contribution in [0.2, 0.25) is 0 Å². The fourth-order valence-corrected chi connectivity index (χ4v) is 0.960. The first kappa shape index (κ1) is 8.33. The summed E-state index contributed by atoms with van der Waals surface area (Å²) in [6.07, 6.45) is 1.80. The number of carbonyl (C=O) groups is 1. The maximum atomic E-state index is 10.6. The fraction of sp³-hybridized carbons (Fsp3) is 0.857. The van der Waals surface area contributed by atoms with Crippen LogP contribution >= 0.6 is 0 Å². The molecule has 0 aromatic carbocycles. The van der Waals surface area contributed by atoms with E-state index in [1.165, 1.54) is 7.11 Å². The fourth-order valence-electron chi connectivity index (χ4n) is 0.960. The van der Waals surface area contributed by atoms with Gasteiger partial charge in [0.1, 0.15) is 0 Å². The topological polar surface area (TPSA) is 44.8 Å². The molecule has 1 aliphatic rings. The monoisotopic (exact) mass is 160 g/mol. The molecule has 0 N–H and O–H groups in total. The van der Waals surface area contributed by atoms with Crippen LogP contribution in [0.4, 0.5) is 4.79 Å². The highest BCUT2D eigenvalue weighted by Gasteiger charge is 2.17. The first-order chi connectivity index (χ1) is 5.33. The normalized spacial score (nSPS) is 24.3. The van der Waals surface area contributed by atoms with Gasteiger partial charge in [0.25, 0.3) is 0 Å². The summed E-state index contributed by atoms with van der Waals surface area (Å²) in [5, 5.41) is 0. The number of ether oxygens (including phenoxy) is 3. The van der Waals surface area contributed by atoms with Gasteiger partial charge >= 0.3 is 6.16 Å². The van der Waals surface area contributed by atoms with Gasteiger partial charge in [0.05, 0.1) is 13.7 Å². The zero-order valence-corrected chi connectivity index (χ0v) is 6.54. The van der Waals surface area contributed by atoms with E-state index in [1.807, 2.05) is 0 Å². The molecule has 0 amide bonds. The second kappa shape index (κ2) is 4.18. The van der Waals surface area contributed by atoms with E-state index >= 15 is 0 Å². The Morgan fingerprint density at radius 2 is 2.36 bits per heavy atom. The van der Waals surface area contributed by atoms with Gasteiger partial charge < -0.3 is 14.2 Å². The zero-order chi connectivity index (χ0) is 8.10. The first-order valence-electron chi connectivity index (χ1n) is 3.69. The van der Waals surface area contributed by atoms with E-state index < -0.39 is 12.4 Å². The molecular weight excluding hydrogens is 148 g/mol. The number of rotatable bonds is 1. The summed E-state index contributed by atoms with van der Waals surface area (Å²) in [7, 11) is 1.28. The first-order valence-corrected chi connectivity index (χ1v) is 3.69. The summed E-state index contributed by atoms with van der Waals surface area (Å²) in [5.74, 6) is 0. The van der Waals surface area contributed by atoms with Crippen molar-refractivity contribution in [3.63, 3.8) is 0 Å². The standard InChI is InChI=1S/C7H12O4/c1-9-7(8)11-6-4-2-3-5-10-6/h6H,2-5H2,1H3. The summed E-state index contributed by atoms with van der Waals surface area (Å²) in [6, 6.07) is 0. The van der Waals surface area contributed by atoms with E-state index in [9.17, 15) is 4.79 Å². The summed E-state index contributed by atoms with van der Waals surface area (Å²) >= 11 is 0. The van der Waals surface area contributed by atoms with Crippen molar-refractivity contribution >= 4 is 6.16 Å². The van der Waals surface area contributed by atoms with E-state index in [0.717, 1.165) is 19.3 Å². The van der Waals surface area contributed by atoms with Gasteiger partial charge in [-0.05, 0) is 12.8 Å². The average Bonchev–Trinajstić information content (AvgIpc) is 2.06. The quantitative estimate of drug-likeness (QED) is 0.542. The molecule has 0 bridgehead atoms. The number of methoxy groups -OCH3 is 1. The minimum absolute atomic E-state index is 0.392. The molecule has 4 nitrogen and oxygen atoms in total. The third-order valence-corrected chi connectivity index (χ3v) is 1.53. The Labute approximate surface area is 65.4 Å². The minimum Gasteiger partial charge on any atom is -0.438 e. The van der Waals surface area contributed by atoms with E-state index in [2.05, 4.69) is 4.74 Å². The van der Waals surface area contributed by atoms with Crippen molar-refractivity contribution in [2.24, 2.45) is 0 Å².